The van der Waals surface area contributed by atoms with Gasteiger partial charge in [0.15, 0.2) is 0 Å². The molecule has 1 fully saturated rings. The van der Waals surface area contributed by atoms with Crippen molar-refractivity contribution in [2.24, 2.45) is 0 Å². The van der Waals surface area contributed by atoms with Crippen LogP contribution in [0.5, 0.6) is 5.75 Å². The van der Waals surface area contributed by atoms with Crippen LogP contribution in [0.3, 0.4) is 0 Å². The van der Waals surface area contributed by atoms with E-state index in [9.17, 15) is 4.79 Å². The van der Waals surface area contributed by atoms with E-state index in [1.54, 1.807) is 0 Å². The van der Waals surface area contributed by atoms with Crippen molar-refractivity contribution < 1.29 is 9.53 Å². The summed E-state index contributed by atoms with van der Waals surface area (Å²) in [6.07, 6.45) is 0.503. The Kier molecular flexibility index (Phi) is 6.29. The molecule has 4 nitrogen and oxygen atoms in total. The van der Waals surface area contributed by atoms with Gasteiger partial charge in [0, 0.05) is 32.7 Å². The van der Waals surface area contributed by atoms with Crippen molar-refractivity contribution in [2.45, 2.75) is 20.3 Å². The second-order valence-corrected chi connectivity index (χ2v) is 6.99. The van der Waals surface area contributed by atoms with Crippen molar-refractivity contribution in [1.29, 1.82) is 0 Å². The fourth-order valence-electron chi connectivity index (χ4n) is 3.30. The Bertz CT molecular complexity index is 736. The molecule has 0 atom stereocenters. The van der Waals surface area contributed by atoms with Crippen molar-refractivity contribution in [3.8, 4) is 5.75 Å². The lowest BCUT2D eigenvalue weighted by atomic mass is 10.1. The Balaban J connectivity index is 1.40. The molecule has 0 aromatic heterocycles. The van der Waals surface area contributed by atoms with E-state index >= 15 is 0 Å². The number of carbonyl (C=O) groups is 1. The van der Waals surface area contributed by atoms with Crippen LogP contribution in [0.2, 0.25) is 0 Å². The van der Waals surface area contributed by atoms with Gasteiger partial charge in [-0.25, -0.2) is 0 Å². The van der Waals surface area contributed by atoms with Crippen molar-refractivity contribution in [2.75, 3.05) is 39.3 Å². The van der Waals surface area contributed by atoms with Gasteiger partial charge in [-0.1, -0.05) is 36.4 Å². The van der Waals surface area contributed by atoms with Crippen molar-refractivity contribution in [3.63, 3.8) is 0 Å². The fourth-order valence-corrected chi connectivity index (χ4v) is 3.30. The summed E-state index contributed by atoms with van der Waals surface area (Å²) in [6, 6.07) is 16.3. The molecule has 1 aliphatic heterocycles. The van der Waals surface area contributed by atoms with Gasteiger partial charge in [-0.05, 0) is 42.7 Å². The molecule has 0 radical (unpaired) electrons. The average Bonchev–Trinajstić information content (AvgIpc) is 2.64. The summed E-state index contributed by atoms with van der Waals surface area (Å²) in [4.78, 5) is 16.9. The number of benzene rings is 2. The number of piperazine rings is 1. The highest BCUT2D eigenvalue weighted by Crippen LogP contribution is 2.13. The normalized spacial score (nSPS) is 15.1. The van der Waals surface area contributed by atoms with E-state index in [1.165, 1.54) is 11.1 Å². The molecule has 1 heterocycles. The summed E-state index contributed by atoms with van der Waals surface area (Å²) < 4.78 is 5.83. The van der Waals surface area contributed by atoms with E-state index in [0.717, 1.165) is 44.0 Å². The average molecular weight is 352 g/mol. The van der Waals surface area contributed by atoms with E-state index in [2.05, 4.69) is 36.9 Å². The Morgan fingerprint density at radius 1 is 1.00 bits per heavy atom. The zero-order valence-electron chi connectivity index (χ0n) is 15.8. The maximum atomic E-state index is 12.5. The monoisotopic (exact) mass is 352 g/mol. The lowest BCUT2D eigenvalue weighted by Gasteiger charge is -2.34. The number of amides is 1. The maximum Gasteiger partial charge on any atom is 0.227 e. The molecule has 1 amide bonds. The molecule has 0 unspecified atom stereocenters. The fraction of sp³-hybridized carbons (Fsp3) is 0.409. The molecule has 0 bridgehead atoms. The van der Waals surface area contributed by atoms with E-state index in [-0.39, 0.29) is 5.91 Å². The minimum atomic E-state index is 0.231. The van der Waals surface area contributed by atoms with Gasteiger partial charge >= 0.3 is 0 Å². The molecule has 138 valence electrons. The highest BCUT2D eigenvalue weighted by molar-refractivity contribution is 5.79. The molecule has 1 saturated heterocycles. The largest absolute Gasteiger partial charge is 0.492 e. The van der Waals surface area contributed by atoms with Crippen LogP contribution >= 0.6 is 0 Å². The van der Waals surface area contributed by atoms with Gasteiger partial charge in [-0.3, -0.25) is 9.69 Å². The van der Waals surface area contributed by atoms with Crippen molar-refractivity contribution in [3.05, 3.63) is 65.2 Å². The maximum absolute atomic E-state index is 12.5. The van der Waals surface area contributed by atoms with Crippen LogP contribution < -0.4 is 4.74 Å². The summed E-state index contributed by atoms with van der Waals surface area (Å²) in [7, 11) is 0. The summed E-state index contributed by atoms with van der Waals surface area (Å²) in [5.74, 6) is 1.16. The zero-order chi connectivity index (χ0) is 18.4. The highest BCUT2D eigenvalue weighted by atomic mass is 16.5. The second-order valence-electron chi connectivity index (χ2n) is 6.99. The molecular formula is C22H28N2O2. The standard InChI is InChI=1S/C22H28N2O2/c1-18-6-5-9-21(16-18)26-15-14-23-10-12-24(13-11-23)22(25)17-20-8-4-3-7-19(20)2/h3-9,16H,10-15,17H2,1-2H3. The lowest BCUT2D eigenvalue weighted by Crippen LogP contribution is -2.50. The van der Waals surface area contributed by atoms with Gasteiger partial charge in [-0.15, -0.1) is 0 Å². The Labute approximate surface area is 156 Å². The quantitative estimate of drug-likeness (QED) is 0.801. The Hall–Kier alpha value is -2.33. The highest BCUT2D eigenvalue weighted by Gasteiger charge is 2.21. The molecule has 0 N–H and O–H groups in total. The van der Waals surface area contributed by atoms with Crippen LogP contribution in [0.1, 0.15) is 16.7 Å². The molecule has 2 aromatic rings. The van der Waals surface area contributed by atoms with E-state index in [4.69, 9.17) is 4.74 Å². The van der Waals surface area contributed by atoms with Crippen LogP contribution in [0.15, 0.2) is 48.5 Å². The Morgan fingerprint density at radius 3 is 2.50 bits per heavy atom. The van der Waals surface area contributed by atoms with Crippen LogP contribution in [-0.4, -0.2) is 55.0 Å². The number of aryl methyl sites for hydroxylation is 2. The summed E-state index contributed by atoms with van der Waals surface area (Å²) in [6.45, 7) is 9.14. The van der Waals surface area contributed by atoms with E-state index in [1.807, 2.05) is 35.2 Å². The van der Waals surface area contributed by atoms with Crippen LogP contribution in [0.4, 0.5) is 0 Å². The van der Waals surface area contributed by atoms with Crippen LogP contribution in [0, 0.1) is 13.8 Å². The van der Waals surface area contributed by atoms with Gasteiger partial charge in [0.05, 0.1) is 6.42 Å². The number of rotatable bonds is 6. The Morgan fingerprint density at radius 2 is 1.77 bits per heavy atom. The smallest absolute Gasteiger partial charge is 0.227 e. The molecule has 3 rings (SSSR count). The first-order valence-electron chi connectivity index (χ1n) is 9.36. The van der Waals surface area contributed by atoms with Gasteiger partial charge in [0.2, 0.25) is 5.91 Å². The predicted molar refractivity (Wildman–Crippen MR) is 105 cm³/mol. The molecule has 0 saturated carbocycles. The molecule has 4 heteroatoms. The first-order chi connectivity index (χ1) is 12.6. The topological polar surface area (TPSA) is 32.8 Å². The van der Waals surface area contributed by atoms with Gasteiger partial charge in [0.1, 0.15) is 12.4 Å². The number of hydrogen-bond donors (Lipinski definition) is 0. The number of ether oxygens (including phenoxy) is 1. The molecule has 2 aromatic carbocycles. The lowest BCUT2D eigenvalue weighted by molar-refractivity contribution is -0.132. The summed E-state index contributed by atoms with van der Waals surface area (Å²) in [5.41, 5.74) is 3.53. The molecule has 0 aliphatic carbocycles. The van der Waals surface area contributed by atoms with Gasteiger partial charge < -0.3 is 9.64 Å². The number of carbonyl (C=O) groups excluding carboxylic acids is 1. The first-order valence-corrected chi connectivity index (χ1v) is 9.36. The van der Waals surface area contributed by atoms with E-state index < -0.39 is 0 Å². The predicted octanol–water partition coefficient (Wildman–Crippen LogP) is 3.07. The third-order valence-electron chi connectivity index (χ3n) is 4.99. The van der Waals surface area contributed by atoms with Gasteiger partial charge in [-0.2, -0.15) is 0 Å². The second kappa shape index (κ2) is 8.86. The van der Waals surface area contributed by atoms with Crippen molar-refractivity contribution >= 4 is 5.91 Å². The number of hydrogen-bond acceptors (Lipinski definition) is 3. The minimum absolute atomic E-state index is 0.231. The van der Waals surface area contributed by atoms with E-state index in [0.29, 0.717) is 13.0 Å². The SMILES string of the molecule is Cc1cccc(OCCN2CCN(C(=O)Cc3ccccc3C)CC2)c1. The summed E-state index contributed by atoms with van der Waals surface area (Å²) in [5, 5.41) is 0. The number of nitrogens with zero attached hydrogens (tertiary/aromatic N) is 2. The molecule has 1 aliphatic rings. The molecule has 26 heavy (non-hydrogen) atoms. The van der Waals surface area contributed by atoms with Crippen LogP contribution in [0.25, 0.3) is 0 Å². The third kappa shape index (κ3) is 5.09. The van der Waals surface area contributed by atoms with Gasteiger partial charge in [0.25, 0.3) is 0 Å². The minimum Gasteiger partial charge on any atom is -0.492 e. The molecular weight excluding hydrogens is 324 g/mol. The summed E-state index contributed by atoms with van der Waals surface area (Å²) >= 11 is 0. The molecule has 0 spiro atoms. The first kappa shape index (κ1) is 18.5. The zero-order valence-corrected chi connectivity index (χ0v) is 15.8. The third-order valence-corrected chi connectivity index (χ3v) is 4.99. The van der Waals surface area contributed by atoms with Crippen molar-refractivity contribution in [1.82, 2.24) is 9.80 Å². The van der Waals surface area contributed by atoms with Crippen LogP contribution in [-0.2, 0) is 11.2 Å².